The summed E-state index contributed by atoms with van der Waals surface area (Å²) in [5.74, 6) is -0.240. The number of methoxy groups -OCH3 is 1. The van der Waals surface area contributed by atoms with Gasteiger partial charge in [0.25, 0.3) is 5.91 Å². The Morgan fingerprint density at radius 2 is 1.92 bits per heavy atom. The molecule has 5 nitrogen and oxygen atoms in total. The Kier molecular flexibility index (Phi) is 7.01. The van der Waals surface area contributed by atoms with E-state index in [4.69, 9.17) is 39.5 Å². The number of rotatable bonds is 6. The molecule has 2 N–H and O–H groups in total. The predicted octanol–water partition coefficient (Wildman–Crippen LogP) is 4.39. The fraction of sp³-hybridized carbons (Fsp3) is 0.278. The van der Waals surface area contributed by atoms with E-state index >= 15 is 0 Å². The maximum atomic E-state index is 12.6. The summed E-state index contributed by atoms with van der Waals surface area (Å²) < 4.78 is 5.25. The van der Waals surface area contributed by atoms with E-state index in [1.165, 1.54) is 6.07 Å². The van der Waals surface area contributed by atoms with Crippen molar-refractivity contribution in [2.24, 2.45) is 0 Å². The van der Waals surface area contributed by atoms with Crippen LogP contribution in [0.15, 0.2) is 30.3 Å². The SMILES string of the molecule is COc1cccc(C(CNC(=O)c2c(O)c(Cl)cc(Cl)c2Cl)N(C)C)c1. The van der Waals surface area contributed by atoms with Crippen LogP contribution in [0.4, 0.5) is 0 Å². The molecule has 0 aliphatic rings. The largest absolute Gasteiger partial charge is 0.505 e. The molecule has 0 aromatic heterocycles. The first-order chi connectivity index (χ1) is 12.3. The van der Waals surface area contributed by atoms with Crippen molar-refractivity contribution in [3.05, 3.63) is 56.5 Å². The van der Waals surface area contributed by atoms with Gasteiger partial charge >= 0.3 is 0 Å². The topological polar surface area (TPSA) is 61.8 Å². The van der Waals surface area contributed by atoms with E-state index in [1.54, 1.807) is 7.11 Å². The monoisotopic (exact) mass is 416 g/mol. The normalized spacial score (nSPS) is 12.1. The van der Waals surface area contributed by atoms with Crippen LogP contribution in [0, 0.1) is 0 Å². The van der Waals surface area contributed by atoms with Crippen molar-refractivity contribution in [2.45, 2.75) is 6.04 Å². The van der Waals surface area contributed by atoms with Crippen LogP contribution in [-0.4, -0.2) is 43.7 Å². The number of benzene rings is 2. The van der Waals surface area contributed by atoms with E-state index in [-0.39, 0.29) is 33.2 Å². The van der Waals surface area contributed by atoms with E-state index in [9.17, 15) is 9.90 Å². The number of halogens is 3. The number of nitrogens with zero attached hydrogens (tertiary/aromatic N) is 1. The number of nitrogens with one attached hydrogen (secondary N) is 1. The first-order valence-electron chi connectivity index (χ1n) is 7.71. The minimum Gasteiger partial charge on any atom is -0.505 e. The average Bonchev–Trinajstić information content (AvgIpc) is 2.60. The maximum absolute atomic E-state index is 12.6. The highest BCUT2D eigenvalue weighted by Gasteiger charge is 2.23. The number of carbonyl (C=O) groups is 1. The van der Waals surface area contributed by atoms with Gasteiger partial charge in [0, 0.05) is 6.54 Å². The molecule has 0 fully saturated rings. The number of hydrogen-bond acceptors (Lipinski definition) is 4. The van der Waals surface area contributed by atoms with Crippen LogP contribution in [0.5, 0.6) is 11.5 Å². The Balaban J connectivity index is 2.23. The second-order valence-electron chi connectivity index (χ2n) is 5.84. The van der Waals surface area contributed by atoms with Crippen molar-refractivity contribution in [3.63, 3.8) is 0 Å². The summed E-state index contributed by atoms with van der Waals surface area (Å²) in [7, 11) is 5.40. The second kappa shape index (κ2) is 8.82. The Hall–Kier alpha value is -1.66. The highest BCUT2D eigenvalue weighted by Crippen LogP contribution is 2.38. The van der Waals surface area contributed by atoms with Gasteiger partial charge in [0.15, 0.2) is 0 Å². The van der Waals surface area contributed by atoms with E-state index in [0.29, 0.717) is 0 Å². The molecule has 1 amide bonds. The van der Waals surface area contributed by atoms with Gasteiger partial charge in [-0.15, -0.1) is 0 Å². The summed E-state index contributed by atoms with van der Waals surface area (Å²) in [6, 6.07) is 8.74. The van der Waals surface area contributed by atoms with E-state index in [0.717, 1.165) is 11.3 Å². The molecule has 8 heteroatoms. The van der Waals surface area contributed by atoms with Gasteiger partial charge in [0.2, 0.25) is 0 Å². The number of aromatic hydroxyl groups is 1. The zero-order valence-corrected chi connectivity index (χ0v) is 16.8. The van der Waals surface area contributed by atoms with Gasteiger partial charge in [-0.1, -0.05) is 46.9 Å². The summed E-state index contributed by atoms with van der Waals surface area (Å²) in [5, 5.41) is 12.8. The molecular weight excluding hydrogens is 399 g/mol. The minimum atomic E-state index is -0.563. The number of amides is 1. The van der Waals surface area contributed by atoms with Crippen LogP contribution in [0.1, 0.15) is 22.0 Å². The van der Waals surface area contributed by atoms with Crippen LogP contribution >= 0.6 is 34.8 Å². The maximum Gasteiger partial charge on any atom is 0.256 e. The lowest BCUT2D eigenvalue weighted by Crippen LogP contribution is -2.34. The number of hydrogen-bond donors (Lipinski definition) is 2. The van der Waals surface area contributed by atoms with Gasteiger partial charge in [-0.3, -0.25) is 4.79 Å². The van der Waals surface area contributed by atoms with Crippen LogP contribution in [0.25, 0.3) is 0 Å². The molecule has 0 saturated heterocycles. The fourth-order valence-electron chi connectivity index (χ4n) is 2.52. The third-order valence-corrected chi connectivity index (χ3v) is 5.01. The molecule has 0 aliphatic carbocycles. The molecule has 0 heterocycles. The third kappa shape index (κ3) is 4.54. The standard InChI is InChI=1S/C18H19Cl3N2O3/c1-23(2)14(10-5-4-6-11(7-10)26-3)9-22-18(25)15-16(21)12(19)8-13(20)17(15)24/h4-8,14,24H,9H2,1-3H3,(H,22,25). The lowest BCUT2D eigenvalue weighted by atomic mass is 10.1. The molecule has 1 unspecified atom stereocenters. The smallest absolute Gasteiger partial charge is 0.256 e. The van der Waals surface area contributed by atoms with Gasteiger partial charge in [-0.05, 0) is 37.9 Å². The van der Waals surface area contributed by atoms with Crippen molar-refractivity contribution in [3.8, 4) is 11.5 Å². The summed E-state index contributed by atoms with van der Waals surface area (Å²) in [5.41, 5.74) is 0.821. The highest BCUT2D eigenvalue weighted by molar-refractivity contribution is 6.45. The number of ether oxygens (including phenoxy) is 1. The van der Waals surface area contributed by atoms with Crippen LogP contribution in [-0.2, 0) is 0 Å². The van der Waals surface area contributed by atoms with Crippen molar-refractivity contribution in [1.82, 2.24) is 10.2 Å². The molecule has 2 aromatic carbocycles. The van der Waals surface area contributed by atoms with Gasteiger partial charge in [0.1, 0.15) is 17.1 Å². The van der Waals surface area contributed by atoms with Crippen molar-refractivity contribution in [1.29, 1.82) is 0 Å². The number of phenols is 1. The van der Waals surface area contributed by atoms with Crippen LogP contribution in [0.2, 0.25) is 15.1 Å². The average molecular weight is 418 g/mol. The highest BCUT2D eigenvalue weighted by atomic mass is 35.5. The Labute approximate surface area is 167 Å². The molecule has 0 bridgehead atoms. The van der Waals surface area contributed by atoms with E-state index in [1.807, 2.05) is 43.3 Å². The number of phenolic OH excluding ortho intramolecular Hbond substituents is 1. The van der Waals surface area contributed by atoms with Crippen molar-refractivity contribution < 1.29 is 14.6 Å². The fourth-order valence-corrected chi connectivity index (χ4v) is 3.21. The first kappa shape index (κ1) is 20.6. The number of carbonyl (C=O) groups excluding carboxylic acids is 1. The molecule has 0 aliphatic heterocycles. The van der Waals surface area contributed by atoms with E-state index < -0.39 is 11.7 Å². The summed E-state index contributed by atoms with van der Waals surface area (Å²) in [4.78, 5) is 14.5. The van der Waals surface area contributed by atoms with Crippen molar-refractivity contribution in [2.75, 3.05) is 27.7 Å². The quantitative estimate of drug-likeness (QED) is 0.684. The van der Waals surface area contributed by atoms with Crippen LogP contribution in [0.3, 0.4) is 0 Å². The molecule has 2 rings (SSSR count). The van der Waals surface area contributed by atoms with Gasteiger partial charge < -0.3 is 20.1 Å². The Bertz CT molecular complexity index is 786. The first-order valence-corrected chi connectivity index (χ1v) is 8.84. The lowest BCUT2D eigenvalue weighted by molar-refractivity contribution is 0.0939. The van der Waals surface area contributed by atoms with Crippen LogP contribution < -0.4 is 10.1 Å². The van der Waals surface area contributed by atoms with E-state index in [2.05, 4.69) is 5.32 Å². The summed E-state index contributed by atoms with van der Waals surface area (Å²) >= 11 is 17.9. The molecule has 1 atom stereocenters. The lowest BCUT2D eigenvalue weighted by Gasteiger charge is -2.25. The Morgan fingerprint density at radius 1 is 1.23 bits per heavy atom. The predicted molar refractivity (Wildman–Crippen MR) is 105 cm³/mol. The second-order valence-corrected chi connectivity index (χ2v) is 7.04. The third-order valence-electron chi connectivity index (χ3n) is 3.93. The summed E-state index contributed by atoms with van der Waals surface area (Å²) in [6.07, 6.45) is 0. The number of likely N-dealkylation sites (N-methyl/N-ethyl adjacent to an activating group) is 1. The zero-order chi connectivity index (χ0) is 19.4. The molecule has 0 spiro atoms. The van der Waals surface area contributed by atoms with Crippen molar-refractivity contribution >= 4 is 40.7 Å². The molecule has 26 heavy (non-hydrogen) atoms. The molecule has 140 valence electrons. The Morgan fingerprint density at radius 3 is 2.54 bits per heavy atom. The minimum absolute atomic E-state index is 0.0403. The summed E-state index contributed by atoms with van der Waals surface area (Å²) in [6.45, 7) is 0.277. The molecular formula is C18H19Cl3N2O3. The molecule has 0 radical (unpaired) electrons. The van der Waals surface area contributed by atoms with Gasteiger partial charge in [0.05, 0.1) is 28.2 Å². The zero-order valence-electron chi connectivity index (χ0n) is 14.5. The van der Waals surface area contributed by atoms with Gasteiger partial charge in [-0.2, -0.15) is 0 Å². The molecule has 0 saturated carbocycles. The molecule has 2 aromatic rings. The van der Waals surface area contributed by atoms with Gasteiger partial charge in [-0.25, -0.2) is 0 Å².